The Morgan fingerprint density at radius 2 is 1.63 bits per heavy atom. The molecule has 3 amide bonds. The number of nitrogens with one attached hydrogen (secondary N) is 2. The Morgan fingerprint density at radius 1 is 0.967 bits per heavy atom. The summed E-state index contributed by atoms with van der Waals surface area (Å²) in [7, 11) is 0. The van der Waals surface area contributed by atoms with Gasteiger partial charge in [0.2, 0.25) is 0 Å². The number of hydrogen-bond acceptors (Lipinski definition) is 4. The minimum Gasteiger partial charge on any atom is -0.488 e. The van der Waals surface area contributed by atoms with E-state index in [2.05, 4.69) is 10.6 Å². The fraction of sp³-hybridized carbons (Fsp3) is 0.167. The van der Waals surface area contributed by atoms with Gasteiger partial charge in [-0.3, -0.25) is 10.1 Å². The van der Waals surface area contributed by atoms with Crippen molar-refractivity contribution < 1.29 is 19.4 Å². The monoisotopic (exact) mass is 400 g/mol. The summed E-state index contributed by atoms with van der Waals surface area (Å²) in [5, 5.41) is 16.7. The third-order valence-corrected chi connectivity index (χ3v) is 5.99. The van der Waals surface area contributed by atoms with E-state index in [0.29, 0.717) is 23.5 Å². The Kier molecular flexibility index (Phi) is 3.95. The number of imide groups is 1. The highest BCUT2D eigenvalue weighted by atomic mass is 16.5. The first-order chi connectivity index (χ1) is 14.4. The van der Waals surface area contributed by atoms with Gasteiger partial charge in [-0.1, -0.05) is 72.8 Å². The Balaban J connectivity index is 1.60. The van der Waals surface area contributed by atoms with Gasteiger partial charge >= 0.3 is 6.03 Å². The van der Waals surface area contributed by atoms with Crippen molar-refractivity contribution in [3.05, 3.63) is 101 Å². The molecule has 2 bridgehead atoms. The van der Waals surface area contributed by atoms with E-state index in [1.807, 2.05) is 66.7 Å². The predicted molar refractivity (Wildman–Crippen MR) is 111 cm³/mol. The quantitative estimate of drug-likeness (QED) is 0.674. The third kappa shape index (κ3) is 2.40. The number of carbonyl (C=O) groups is 2. The number of allylic oxidation sites excluding steroid dienone is 2. The van der Waals surface area contributed by atoms with Crippen LogP contribution in [-0.4, -0.2) is 28.2 Å². The van der Waals surface area contributed by atoms with E-state index in [-0.39, 0.29) is 0 Å². The lowest BCUT2D eigenvalue weighted by molar-refractivity contribution is -0.130. The van der Waals surface area contributed by atoms with Gasteiger partial charge in [0, 0.05) is 11.1 Å². The van der Waals surface area contributed by atoms with E-state index >= 15 is 0 Å². The second-order valence-electron chi connectivity index (χ2n) is 7.75. The molecule has 1 fully saturated rings. The maximum absolute atomic E-state index is 12.6. The average molecular weight is 400 g/mol. The van der Waals surface area contributed by atoms with Crippen LogP contribution in [0.1, 0.15) is 18.1 Å². The summed E-state index contributed by atoms with van der Waals surface area (Å²) in [6.45, 7) is 1.85. The lowest BCUT2D eigenvalue weighted by atomic mass is 9.57. The molecule has 2 aromatic rings. The molecule has 2 aromatic carbocycles. The second-order valence-corrected chi connectivity index (χ2v) is 7.75. The molecule has 2 atom stereocenters. The summed E-state index contributed by atoms with van der Waals surface area (Å²) in [5.41, 5.74) is 0.369. The van der Waals surface area contributed by atoms with Crippen LogP contribution >= 0.6 is 0 Å². The molecular formula is C24H20N2O4. The maximum atomic E-state index is 12.6. The van der Waals surface area contributed by atoms with Gasteiger partial charge in [0.15, 0.2) is 11.1 Å². The molecule has 150 valence electrons. The number of ether oxygens (including phenoxy) is 1. The lowest BCUT2D eigenvalue weighted by Crippen LogP contribution is -2.69. The molecule has 1 heterocycles. The van der Waals surface area contributed by atoms with Gasteiger partial charge < -0.3 is 15.2 Å². The molecular weight excluding hydrogens is 380 g/mol. The summed E-state index contributed by atoms with van der Waals surface area (Å²) in [4.78, 5) is 24.5. The highest BCUT2D eigenvalue weighted by molar-refractivity contribution is 6.10. The summed E-state index contributed by atoms with van der Waals surface area (Å²) in [6, 6.07) is 18.7. The fourth-order valence-corrected chi connectivity index (χ4v) is 4.35. The number of benzene rings is 2. The summed E-state index contributed by atoms with van der Waals surface area (Å²) in [6.07, 6.45) is 3.67. The first-order valence-electron chi connectivity index (χ1n) is 9.71. The molecule has 30 heavy (non-hydrogen) atoms. The number of rotatable bonds is 5. The van der Waals surface area contributed by atoms with Crippen molar-refractivity contribution in [3.63, 3.8) is 0 Å². The number of fused-ring (bicyclic) bond motifs is 2. The van der Waals surface area contributed by atoms with Gasteiger partial charge in [-0.25, -0.2) is 4.79 Å². The van der Waals surface area contributed by atoms with Crippen molar-refractivity contribution in [1.82, 2.24) is 10.6 Å². The van der Waals surface area contributed by atoms with Crippen LogP contribution in [-0.2, 0) is 16.1 Å². The number of amides is 3. The normalized spacial score (nSPS) is 27.0. The molecule has 5 rings (SSSR count). The van der Waals surface area contributed by atoms with E-state index in [1.165, 1.54) is 6.92 Å². The Labute approximate surface area is 173 Å². The molecule has 6 heteroatoms. The van der Waals surface area contributed by atoms with E-state index in [1.54, 1.807) is 6.08 Å². The van der Waals surface area contributed by atoms with Crippen molar-refractivity contribution in [1.29, 1.82) is 0 Å². The topological polar surface area (TPSA) is 87.7 Å². The molecule has 2 unspecified atom stereocenters. The van der Waals surface area contributed by atoms with Gasteiger partial charge in [0.1, 0.15) is 12.4 Å². The first-order valence-corrected chi connectivity index (χ1v) is 9.71. The van der Waals surface area contributed by atoms with Crippen molar-refractivity contribution in [2.24, 2.45) is 0 Å². The Bertz CT molecular complexity index is 1150. The molecule has 0 spiro atoms. The predicted octanol–water partition coefficient (Wildman–Crippen LogP) is 2.82. The molecule has 1 saturated heterocycles. The molecule has 0 aromatic heterocycles. The van der Waals surface area contributed by atoms with E-state index in [0.717, 1.165) is 16.7 Å². The van der Waals surface area contributed by atoms with Gasteiger partial charge in [-0.05, 0) is 23.6 Å². The van der Waals surface area contributed by atoms with E-state index in [4.69, 9.17) is 4.74 Å². The van der Waals surface area contributed by atoms with Crippen LogP contribution in [0.2, 0.25) is 0 Å². The van der Waals surface area contributed by atoms with Crippen molar-refractivity contribution >= 4 is 17.5 Å². The van der Waals surface area contributed by atoms with Crippen LogP contribution in [0.4, 0.5) is 4.79 Å². The number of urea groups is 1. The van der Waals surface area contributed by atoms with Gasteiger partial charge in [-0.15, -0.1) is 0 Å². The molecule has 0 radical (unpaired) electrons. The van der Waals surface area contributed by atoms with E-state index in [9.17, 15) is 14.7 Å². The highest BCUT2D eigenvalue weighted by Crippen LogP contribution is 2.58. The average Bonchev–Trinajstić information content (AvgIpc) is 3.05. The largest absolute Gasteiger partial charge is 0.488 e. The van der Waals surface area contributed by atoms with Gasteiger partial charge in [0.05, 0.1) is 0 Å². The molecule has 3 N–H and O–H groups in total. The first kappa shape index (κ1) is 18.4. The number of carbonyl (C=O) groups excluding carboxylic acids is 2. The number of aliphatic hydroxyl groups is 1. The van der Waals surface area contributed by atoms with Crippen molar-refractivity contribution in [2.45, 2.75) is 24.7 Å². The van der Waals surface area contributed by atoms with Crippen LogP contribution < -0.4 is 10.6 Å². The third-order valence-electron chi connectivity index (χ3n) is 5.99. The Hall–Kier alpha value is -3.64. The van der Waals surface area contributed by atoms with Crippen LogP contribution in [0.3, 0.4) is 0 Å². The fourth-order valence-electron chi connectivity index (χ4n) is 4.35. The van der Waals surface area contributed by atoms with Crippen LogP contribution in [0, 0.1) is 0 Å². The second kappa shape index (κ2) is 6.43. The van der Waals surface area contributed by atoms with Gasteiger partial charge in [0.25, 0.3) is 5.91 Å². The van der Waals surface area contributed by atoms with Gasteiger partial charge in [-0.2, -0.15) is 0 Å². The summed E-state index contributed by atoms with van der Waals surface area (Å²) >= 11 is 0. The maximum Gasteiger partial charge on any atom is 0.322 e. The summed E-state index contributed by atoms with van der Waals surface area (Å²) < 4.78 is 6.11. The molecule has 3 aliphatic rings. The molecule has 2 aliphatic carbocycles. The zero-order valence-corrected chi connectivity index (χ0v) is 16.3. The smallest absolute Gasteiger partial charge is 0.322 e. The van der Waals surface area contributed by atoms with Crippen LogP contribution in [0.5, 0.6) is 0 Å². The lowest BCUT2D eigenvalue weighted by Gasteiger charge is -2.52. The highest BCUT2D eigenvalue weighted by Gasteiger charge is 2.68. The SMILES string of the molecule is CC1(C2(O)c3ccc(-c4ccccc4)c2c3OCc2ccccc2)NC(=O)NC1=O. The van der Waals surface area contributed by atoms with Crippen molar-refractivity contribution in [2.75, 3.05) is 0 Å². The minimum atomic E-state index is -1.70. The van der Waals surface area contributed by atoms with Crippen LogP contribution in [0.15, 0.2) is 89.7 Å². The van der Waals surface area contributed by atoms with Crippen LogP contribution in [0.25, 0.3) is 5.57 Å². The number of hydrogen-bond donors (Lipinski definition) is 3. The van der Waals surface area contributed by atoms with E-state index < -0.39 is 23.1 Å². The minimum absolute atomic E-state index is 0.324. The Morgan fingerprint density at radius 3 is 2.27 bits per heavy atom. The molecule has 1 aliphatic heterocycles. The zero-order valence-electron chi connectivity index (χ0n) is 16.3. The van der Waals surface area contributed by atoms with Crippen molar-refractivity contribution in [3.8, 4) is 0 Å². The zero-order chi connectivity index (χ0) is 20.9. The summed E-state index contributed by atoms with van der Waals surface area (Å²) in [5.74, 6) is -0.0345. The molecule has 6 nitrogen and oxygen atoms in total. The standard InChI is InChI=1S/C24H20N2O4/c1-23(21(27)25-22(28)26-23)24(29)18-13-12-17(16-10-6-3-7-11-16)19(24)20(18)30-14-15-8-4-2-5-9-15/h2-13,29H,14H2,1H3,(H2,25,26,27,28). The molecule has 0 saturated carbocycles.